The first-order valence-corrected chi connectivity index (χ1v) is 6.25. The molecule has 2 aliphatic rings. The average molecular weight is 196 g/mol. The normalized spacial score (nSPS) is 24.6. The summed E-state index contributed by atoms with van der Waals surface area (Å²) < 4.78 is 0. The first-order chi connectivity index (χ1) is 6.85. The van der Waals surface area contributed by atoms with E-state index < -0.39 is 0 Å². The van der Waals surface area contributed by atoms with E-state index in [-0.39, 0.29) is 0 Å². The van der Waals surface area contributed by atoms with E-state index in [9.17, 15) is 0 Å². The fourth-order valence-electron chi connectivity index (χ4n) is 2.41. The molecule has 0 unspecified atom stereocenters. The molecule has 0 aromatic rings. The van der Waals surface area contributed by atoms with E-state index in [1.54, 1.807) is 0 Å². The largest absolute Gasteiger partial charge is 0.330 e. The first-order valence-electron chi connectivity index (χ1n) is 6.25. The molecule has 0 heterocycles. The summed E-state index contributed by atoms with van der Waals surface area (Å²) in [6.07, 6.45) is 9.88. The summed E-state index contributed by atoms with van der Waals surface area (Å²) >= 11 is 0. The fraction of sp³-hybridized carbons (Fsp3) is 1.00. The van der Waals surface area contributed by atoms with Crippen molar-refractivity contribution >= 4 is 0 Å². The van der Waals surface area contributed by atoms with Crippen LogP contribution in [0.4, 0.5) is 0 Å². The van der Waals surface area contributed by atoms with Crippen LogP contribution in [0.1, 0.15) is 44.9 Å². The Labute approximate surface area is 87.6 Å². The second-order valence-corrected chi connectivity index (χ2v) is 5.32. The molecule has 2 heteroatoms. The van der Waals surface area contributed by atoms with Gasteiger partial charge < -0.3 is 11.1 Å². The predicted molar refractivity (Wildman–Crippen MR) is 60.2 cm³/mol. The molecule has 2 saturated carbocycles. The lowest BCUT2D eigenvalue weighted by Gasteiger charge is -2.41. The molecule has 0 saturated heterocycles. The van der Waals surface area contributed by atoms with Crippen LogP contribution < -0.4 is 11.1 Å². The van der Waals surface area contributed by atoms with E-state index in [4.69, 9.17) is 5.73 Å². The first kappa shape index (κ1) is 10.4. The van der Waals surface area contributed by atoms with Gasteiger partial charge in [-0.15, -0.1) is 0 Å². The summed E-state index contributed by atoms with van der Waals surface area (Å²) in [6.45, 7) is 3.25. The van der Waals surface area contributed by atoms with Gasteiger partial charge in [-0.3, -0.25) is 0 Å². The third-order valence-electron chi connectivity index (χ3n) is 4.01. The zero-order chi connectivity index (χ0) is 9.86. The monoisotopic (exact) mass is 196 g/mol. The molecular formula is C12H24N2. The van der Waals surface area contributed by atoms with E-state index in [1.165, 1.54) is 51.5 Å². The Kier molecular flexibility index (Phi) is 3.45. The topological polar surface area (TPSA) is 38.0 Å². The molecule has 0 atom stereocenters. The lowest BCUT2D eigenvalue weighted by Crippen LogP contribution is -2.45. The standard InChI is InChI=1S/C12H24N2/c13-9-12(6-2-7-12)10-14-8-1-3-11-4-5-11/h11,14H,1-10,13H2. The van der Waals surface area contributed by atoms with Crippen molar-refractivity contribution in [2.45, 2.75) is 44.9 Å². The maximum absolute atomic E-state index is 5.80. The molecule has 2 nitrogen and oxygen atoms in total. The second-order valence-electron chi connectivity index (χ2n) is 5.32. The molecule has 0 aromatic carbocycles. The van der Waals surface area contributed by atoms with Crippen LogP contribution in [0.15, 0.2) is 0 Å². The van der Waals surface area contributed by atoms with Gasteiger partial charge in [-0.1, -0.05) is 19.3 Å². The molecule has 0 spiro atoms. The Morgan fingerprint density at radius 2 is 2.07 bits per heavy atom. The number of hydrogen-bond donors (Lipinski definition) is 2. The van der Waals surface area contributed by atoms with Crippen LogP contribution in [0.3, 0.4) is 0 Å². The minimum Gasteiger partial charge on any atom is -0.330 e. The number of hydrogen-bond acceptors (Lipinski definition) is 2. The summed E-state index contributed by atoms with van der Waals surface area (Å²) in [5.74, 6) is 1.09. The highest BCUT2D eigenvalue weighted by molar-refractivity contribution is 4.90. The second kappa shape index (κ2) is 4.63. The van der Waals surface area contributed by atoms with Gasteiger partial charge in [-0.2, -0.15) is 0 Å². The van der Waals surface area contributed by atoms with E-state index in [0.29, 0.717) is 5.41 Å². The third-order valence-corrected chi connectivity index (χ3v) is 4.01. The van der Waals surface area contributed by atoms with Crippen LogP contribution in [-0.4, -0.2) is 19.6 Å². The highest BCUT2D eigenvalue weighted by atomic mass is 14.9. The van der Waals surface area contributed by atoms with Gasteiger partial charge in [0, 0.05) is 6.54 Å². The van der Waals surface area contributed by atoms with Crippen molar-refractivity contribution in [1.82, 2.24) is 5.32 Å². The minimum absolute atomic E-state index is 0.486. The van der Waals surface area contributed by atoms with Crippen LogP contribution >= 0.6 is 0 Å². The number of nitrogens with one attached hydrogen (secondary N) is 1. The highest BCUT2D eigenvalue weighted by Gasteiger charge is 2.34. The molecule has 2 aliphatic carbocycles. The van der Waals surface area contributed by atoms with Crippen molar-refractivity contribution in [2.24, 2.45) is 17.1 Å². The van der Waals surface area contributed by atoms with Crippen molar-refractivity contribution in [3.63, 3.8) is 0 Å². The van der Waals surface area contributed by atoms with Gasteiger partial charge in [-0.25, -0.2) is 0 Å². The molecule has 14 heavy (non-hydrogen) atoms. The van der Waals surface area contributed by atoms with Gasteiger partial charge in [0.1, 0.15) is 0 Å². The lowest BCUT2D eigenvalue weighted by molar-refractivity contribution is 0.141. The average Bonchev–Trinajstić information content (AvgIpc) is 2.92. The van der Waals surface area contributed by atoms with Crippen LogP contribution in [0.5, 0.6) is 0 Å². The van der Waals surface area contributed by atoms with Crippen LogP contribution in [0.2, 0.25) is 0 Å². The van der Waals surface area contributed by atoms with Gasteiger partial charge in [0.25, 0.3) is 0 Å². The van der Waals surface area contributed by atoms with Crippen LogP contribution in [0.25, 0.3) is 0 Å². The third kappa shape index (κ3) is 2.71. The van der Waals surface area contributed by atoms with Crippen molar-refractivity contribution < 1.29 is 0 Å². The van der Waals surface area contributed by atoms with Gasteiger partial charge in [0.15, 0.2) is 0 Å². The Morgan fingerprint density at radius 3 is 2.57 bits per heavy atom. The van der Waals surface area contributed by atoms with Gasteiger partial charge in [-0.05, 0) is 50.1 Å². The molecule has 0 bridgehead atoms. The number of rotatable bonds is 7. The Bertz CT molecular complexity index is 166. The van der Waals surface area contributed by atoms with Gasteiger partial charge in [0.05, 0.1) is 0 Å². The molecule has 0 aliphatic heterocycles. The van der Waals surface area contributed by atoms with Gasteiger partial charge in [0.2, 0.25) is 0 Å². The molecule has 3 N–H and O–H groups in total. The van der Waals surface area contributed by atoms with Gasteiger partial charge >= 0.3 is 0 Å². The molecule has 0 amide bonds. The summed E-state index contributed by atoms with van der Waals surface area (Å²) in [7, 11) is 0. The zero-order valence-corrected chi connectivity index (χ0v) is 9.23. The van der Waals surface area contributed by atoms with Crippen LogP contribution in [-0.2, 0) is 0 Å². The molecular weight excluding hydrogens is 172 g/mol. The fourth-order valence-corrected chi connectivity index (χ4v) is 2.41. The minimum atomic E-state index is 0.486. The Morgan fingerprint density at radius 1 is 1.29 bits per heavy atom. The SMILES string of the molecule is NCC1(CNCCCC2CC2)CCC1. The zero-order valence-electron chi connectivity index (χ0n) is 9.23. The summed E-state index contributed by atoms with van der Waals surface area (Å²) in [6, 6.07) is 0. The van der Waals surface area contributed by atoms with Crippen molar-refractivity contribution in [3.05, 3.63) is 0 Å². The Hall–Kier alpha value is -0.0800. The highest BCUT2D eigenvalue weighted by Crippen LogP contribution is 2.39. The maximum Gasteiger partial charge on any atom is 0.00199 e. The quantitative estimate of drug-likeness (QED) is 0.610. The smallest absolute Gasteiger partial charge is 0.00199 e. The summed E-state index contributed by atoms with van der Waals surface area (Å²) in [4.78, 5) is 0. The van der Waals surface area contributed by atoms with Crippen molar-refractivity contribution in [1.29, 1.82) is 0 Å². The summed E-state index contributed by atoms with van der Waals surface area (Å²) in [5.41, 5.74) is 6.29. The van der Waals surface area contributed by atoms with Crippen molar-refractivity contribution in [3.8, 4) is 0 Å². The maximum atomic E-state index is 5.80. The van der Waals surface area contributed by atoms with E-state index in [0.717, 1.165) is 19.0 Å². The van der Waals surface area contributed by atoms with E-state index >= 15 is 0 Å². The molecule has 0 radical (unpaired) electrons. The molecule has 2 fully saturated rings. The molecule has 82 valence electrons. The van der Waals surface area contributed by atoms with E-state index in [1.807, 2.05) is 0 Å². The predicted octanol–water partition coefficient (Wildman–Crippen LogP) is 1.90. The lowest BCUT2D eigenvalue weighted by atomic mass is 9.69. The number of nitrogens with two attached hydrogens (primary N) is 1. The molecule has 2 rings (SSSR count). The molecule has 0 aromatic heterocycles. The Balaban J connectivity index is 1.48. The van der Waals surface area contributed by atoms with E-state index in [2.05, 4.69) is 5.32 Å². The van der Waals surface area contributed by atoms with Crippen molar-refractivity contribution in [2.75, 3.05) is 19.6 Å². The van der Waals surface area contributed by atoms with Crippen LogP contribution in [0, 0.1) is 11.3 Å². The summed E-state index contributed by atoms with van der Waals surface area (Å²) in [5, 5.41) is 3.58.